The summed E-state index contributed by atoms with van der Waals surface area (Å²) in [6, 6.07) is 12.2. The molecule has 0 spiro atoms. The van der Waals surface area contributed by atoms with Crippen LogP contribution in [0.3, 0.4) is 0 Å². The molecule has 0 bridgehead atoms. The van der Waals surface area contributed by atoms with E-state index in [9.17, 15) is 13.2 Å². The Morgan fingerprint density at radius 1 is 1.03 bits per heavy atom. The number of benzene rings is 2. The molecule has 168 valence electrons. The lowest BCUT2D eigenvalue weighted by atomic mass is 10.1. The maximum atomic E-state index is 13.0. The Morgan fingerprint density at radius 3 is 2.42 bits per heavy atom. The average Bonchev–Trinajstić information content (AvgIpc) is 2.79. The van der Waals surface area contributed by atoms with Gasteiger partial charge in [0.25, 0.3) is 5.91 Å². The van der Waals surface area contributed by atoms with Gasteiger partial charge in [-0.25, -0.2) is 8.42 Å². The molecule has 1 amide bonds. The predicted octanol–water partition coefficient (Wildman–Crippen LogP) is 3.12. The van der Waals surface area contributed by atoms with Crippen molar-refractivity contribution in [2.45, 2.75) is 37.6 Å². The molecule has 0 aromatic heterocycles. The zero-order valence-corrected chi connectivity index (χ0v) is 18.9. The average molecular weight is 447 g/mol. The summed E-state index contributed by atoms with van der Waals surface area (Å²) in [6.07, 6.45) is 2.79. The number of amides is 1. The first-order valence-corrected chi connectivity index (χ1v) is 12.0. The van der Waals surface area contributed by atoms with Gasteiger partial charge in [0.2, 0.25) is 10.0 Å². The Hall–Kier alpha value is -2.42. The molecule has 1 fully saturated rings. The number of hydrogen-bond donors (Lipinski definition) is 1. The van der Waals surface area contributed by atoms with Gasteiger partial charge in [-0.3, -0.25) is 4.79 Å². The molecule has 0 unspecified atom stereocenters. The molecule has 0 radical (unpaired) electrons. The van der Waals surface area contributed by atoms with Crippen molar-refractivity contribution in [3.8, 4) is 5.75 Å². The van der Waals surface area contributed by atoms with Gasteiger partial charge < -0.3 is 14.8 Å². The number of sulfonamides is 1. The highest BCUT2D eigenvalue weighted by molar-refractivity contribution is 7.89. The molecule has 1 aliphatic heterocycles. The van der Waals surface area contributed by atoms with Crippen molar-refractivity contribution < 1.29 is 22.7 Å². The van der Waals surface area contributed by atoms with Crippen molar-refractivity contribution in [2.75, 3.05) is 33.4 Å². The first kappa shape index (κ1) is 23.2. The van der Waals surface area contributed by atoms with Gasteiger partial charge in [0.1, 0.15) is 12.4 Å². The number of piperidine rings is 1. The lowest BCUT2D eigenvalue weighted by Crippen LogP contribution is -2.35. The van der Waals surface area contributed by atoms with Crippen molar-refractivity contribution >= 4 is 15.9 Å². The minimum atomic E-state index is -3.59. The third-order valence-electron chi connectivity index (χ3n) is 5.34. The van der Waals surface area contributed by atoms with E-state index in [-0.39, 0.29) is 10.8 Å². The fraction of sp³-hybridized carbons (Fsp3) is 0.435. The van der Waals surface area contributed by atoms with Gasteiger partial charge in [-0.2, -0.15) is 4.31 Å². The molecule has 8 heteroatoms. The molecule has 31 heavy (non-hydrogen) atoms. The molecule has 0 aliphatic carbocycles. The zero-order chi connectivity index (χ0) is 22.3. The van der Waals surface area contributed by atoms with Crippen LogP contribution in [0.2, 0.25) is 0 Å². The van der Waals surface area contributed by atoms with Gasteiger partial charge in [0, 0.05) is 32.3 Å². The first-order chi connectivity index (χ1) is 14.9. The number of nitrogens with zero attached hydrogens (tertiary/aromatic N) is 1. The predicted molar refractivity (Wildman–Crippen MR) is 119 cm³/mol. The Balaban J connectivity index is 1.65. The van der Waals surface area contributed by atoms with Crippen LogP contribution >= 0.6 is 0 Å². The second kappa shape index (κ2) is 10.7. The monoisotopic (exact) mass is 446 g/mol. The SMILES string of the molecule is COCCOc1ccc(CNC(=O)c2cc(S(=O)(=O)N3CCCCC3)ccc2C)cc1. The highest BCUT2D eigenvalue weighted by Gasteiger charge is 2.27. The van der Waals surface area contributed by atoms with E-state index < -0.39 is 10.0 Å². The number of carbonyl (C=O) groups is 1. The standard InChI is InChI=1S/C23H30N2O5S/c1-18-6-11-21(31(27,28)25-12-4-3-5-13-25)16-22(18)23(26)24-17-19-7-9-20(10-8-19)30-15-14-29-2/h6-11,16H,3-5,12-15,17H2,1-2H3,(H,24,26). The van der Waals surface area contributed by atoms with Crippen LogP contribution in [0, 0.1) is 6.92 Å². The normalized spacial score (nSPS) is 14.9. The number of aryl methyl sites for hydroxylation is 1. The Labute approximate surface area is 184 Å². The summed E-state index contributed by atoms with van der Waals surface area (Å²) >= 11 is 0. The van der Waals surface area contributed by atoms with Gasteiger partial charge in [0.15, 0.2) is 0 Å². The molecular weight excluding hydrogens is 416 g/mol. The van der Waals surface area contributed by atoms with Gasteiger partial charge in [0.05, 0.1) is 11.5 Å². The number of hydrogen-bond acceptors (Lipinski definition) is 5. The van der Waals surface area contributed by atoms with E-state index in [0.717, 1.165) is 36.1 Å². The summed E-state index contributed by atoms with van der Waals surface area (Å²) < 4.78 is 37.9. The maximum Gasteiger partial charge on any atom is 0.251 e. The van der Waals surface area contributed by atoms with Crippen molar-refractivity contribution in [3.63, 3.8) is 0 Å². The second-order valence-electron chi connectivity index (χ2n) is 7.61. The topological polar surface area (TPSA) is 84.9 Å². The highest BCUT2D eigenvalue weighted by atomic mass is 32.2. The van der Waals surface area contributed by atoms with Crippen LogP contribution in [-0.4, -0.2) is 52.0 Å². The van der Waals surface area contributed by atoms with Crippen LogP contribution in [0.25, 0.3) is 0 Å². The summed E-state index contributed by atoms with van der Waals surface area (Å²) in [5, 5.41) is 2.88. The summed E-state index contributed by atoms with van der Waals surface area (Å²) in [6.45, 7) is 4.19. The molecule has 1 heterocycles. The maximum absolute atomic E-state index is 13.0. The molecule has 0 atom stereocenters. The fourth-order valence-electron chi connectivity index (χ4n) is 3.48. The molecule has 3 rings (SSSR count). The lowest BCUT2D eigenvalue weighted by molar-refractivity contribution is 0.0950. The molecule has 2 aromatic rings. The van der Waals surface area contributed by atoms with Crippen LogP contribution in [-0.2, 0) is 21.3 Å². The molecule has 2 aromatic carbocycles. The summed E-state index contributed by atoms with van der Waals surface area (Å²) in [5.41, 5.74) is 2.02. The minimum Gasteiger partial charge on any atom is -0.491 e. The molecule has 1 N–H and O–H groups in total. The van der Waals surface area contributed by atoms with Crippen LogP contribution in [0.5, 0.6) is 5.75 Å². The Bertz CT molecular complexity index is 984. The lowest BCUT2D eigenvalue weighted by Gasteiger charge is -2.26. The van der Waals surface area contributed by atoms with Crippen molar-refractivity contribution in [1.29, 1.82) is 0 Å². The summed E-state index contributed by atoms with van der Waals surface area (Å²) in [7, 11) is -1.97. The van der Waals surface area contributed by atoms with Gasteiger partial charge in [-0.05, 0) is 55.2 Å². The van der Waals surface area contributed by atoms with E-state index in [4.69, 9.17) is 9.47 Å². The number of carbonyl (C=O) groups excluding carboxylic acids is 1. The van der Waals surface area contributed by atoms with Gasteiger partial charge >= 0.3 is 0 Å². The zero-order valence-electron chi connectivity index (χ0n) is 18.1. The van der Waals surface area contributed by atoms with E-state index in [1.165, 1.54) is 10.4 Å². The Kier molecular flexibility index (Phi) is 8.06. The second-order valence-corrected chi connectivity index (χ2v) is 9.55. The fourth-order valence-corrected chi connectivity index (χ4v) is 5.03. The number of rotatable bonds is 9. The summed E-state index contributed by atoms with van der Waals surface area (Å²) in [5.74, 6) is 0.437. The smallest absolute Gasteiger partial charge is 0.251 e. The van der Waals surface area contributed by atoms with Crippen molar-refractivity contribution in [2.24, 2.45) is 0 Å². The summed E-state index contributed by atoms with van der Waals surface area (Å²) in [4.78, 5) is 12.9. The largest absolute Gasteiger partial charge is 0.491 e. The number of methoxy groups -OCH3 is 1. The molecule has 1 saturated heterocycles. The number of nitrogens with one attached hydrogen (secondary N) is 1. The van der Waals surface area contributed by atoms with Crippen LogP contribution in [0.1, 0.15) is 40.7 Å². The van der Waals surface area contributed by atoms with E-state index >= 15 is 0 Å². The molecule has 1 aliphatic rings. The third-order valence-corrected chi connectivity index (χ3v) is 7.23. The van der Waals surface area contributed by atoms with Crippen LogP contribution in [0.15, 0.2) is 47.4 Å². The Morgan fingerprint density at radius 2 is 1.74 bits per heavy atom. The van der Waals surface area contributed by atoms with Gasteiger partial charge in [-0.15, -0.1) is 0 Å². The van der Waals surface area contributed by atoms with Crippen LogP contribution in [0.4, 0.5) is 0 Å². The first-order valence-electron chi connectivity index (χ1n) is 10.5. The molecular formula is C23H30N2O5S. The van der Waals surface area contributed by atoms with E-state index in [0.29, 0.717) is 38.4 Å². The van der Waals surface area contributed by atoms with E-state index in [2.05, 4.69) is 5.32 Å². The molecule has 7 nitrogen and oxygen atoms in total. The van der Waals surface area contributed by atoms with E-state index in [1.807, 2.05) is 24.3 Å². The van der Waals surface area contributed by atoms with Gasteiger partial charge in [-0.1, -0.05) is 24.6 Å². The third kappa shape index (κ3) is 6.06. The van der Waals surface area contributed by atoms with Crippen molar-refractivity contribution in [3.05, 3.63) is 59.2 Å². The minimum absolute atomic E-state index is 0.169. The highest BCUT2D eigenvalue weighted by Crippen LogP contribution is 2.23. The quantitative estimate of drug-likeness (QED) is 0.598. The van der Waals surface area contributed by atoms with Crippen molar-refractivity contribution in [1.82, 2.24) is 9.62 Å². The van der Waals surface area contributed by atoms with E-state index in [1.54, 1.807) is 26.2 Å². The van der Waals surface area contributed by atoms with Crippen LogP contribution < -0.4 is 10.1 Å². The molecule has 0 saturated carbocycles. The number of ether oxygens (including phenoxy) is 2.